The highest BCUT2D eigenvalue weighted by Crippen LogP contribution is 2.21. The Morgan fingerprint density at radius 2 is 2.04 bits per heavy atom. The molecule has 0 saturated heterocycles. The third-order valence-electron chi connectivity index (χ3n) is 3.84. The molecule has 0 unspecified atom stereocenters. The molecule has 3 rings (SSSR count). The van der Waals surface area contributed by atoms with Gasteiger partial charge in [0.05, 0.1) is 12.0 Å². The van der Waals surface area contributed by atoms with Gasteiger partial charge in [0.15, 0.2) is 0 Å². The van der Waals surface area contributed by atoms with Crippen LogP contribution in [0.5, 0.6) is 5.75 Å². The van der Waals surface area contributed by atoms with E-state index in [0.717, 1.165) is 28.4 Å². The Hall–Kier alpha value is -3.31. The number of ether oxygens (including phenoxy) is 1. The maximum Gasteiger partial charge on any atom is 0.375 e. The predicted molar refractivity (Wildman–Crippen MR) is 95.4 cm³/mol. The molecule has 28 heavy (non-hydrogen) atoms. The summed E-state index contributed by atoms with van der Waals surface area (Å²) in [5.41, 5.74) is 0.566. The van der Waals surface area contributed by atoms with E-state index in [1.807, 2.05) is 0 Å². The van der Waals surface area contributed by atoms with Crippen LogP contribution < -0.4 is 9.88 Å². The molecular weight excluding hydrogens is 391 g/mol. The Kier molecular flexibility index (Phi) is 5.12. The number of rotatable bonds is 6. The molecule has 146 valence electrons. The monoisotopic (exact) mass is 406 g/mol. The Morgan fingerprint density at radius 1 is 1.29 bits per heavy atom. The van der Waals surface area contributed by atoms with E-state index in [1.165, 1.54) is 7.11 Å². The van der Waals surface area contributed by atoms with Gasteiger partial charge < -0.3 is 9.84 Å². The molecule has 0 atom stereocenters. The summed E-state index contributed by atoms with van der Waals surface area (Å²) >= 11 is 0. The first-order valence-corrected chi connectivity index (χ1v) is 9.38. The number of primary sulfonamides is 1. The predicted octanol–water partition coefficient (Wildman–Crippen LogP) is 1.35. The van der Waals surface area contributed by atoms with Crippen molar-refractivity contribution in [1.82, 2.24) is 14.8 Å². The quantitative estimate of drug-likeness (QED) is 0.630. The van der Waals surface area contributed by atoms with Crippen molar-refractivity contribution in [2.24, 2.45) is 5.14 Å². The summed E-state index contributed by atoms with van der Waals surface area (Å²) in [5.74, 6) is -2.11. The number of carbonyl (C=O) groups is 1. The number of aromatic carboxylic acids is 1. The first kappa shape index (κ1) is 19.5. The van der Waals surface area contributed by atoms with E-state index in [-0.39, 0.29) is 17.9 Å². The van der Waals surface area contributed by atoms with Gasteiger partial charge in [0.25, 0.3) is 5.82 Å². The van der Waals surface area contributed by atoms with Gasteiger partial charge in [0, 0.05) is 6.42 Å². The Bertz CT molecular complexity index is 1160. The van der Waals surface area contributed by atoms with Gasteiger partial charge in [0.1, 0.15) is 23.1 Å². The molecule has 0 radical (unpaired) electrons. The van der Waals surface area contributed by atoms with E-state index in [1.54, 1.807) is 24.3 Å². The van der Waals surface area contributed by atoms with Gasteiger partial charge in [-0.05, 0) is 35.9 Å². The smallest absolute Gasteiger partial charge is 0.375 e. The average Bonchev–Trinajstić information content (AvgIpc) is 3.05. The molecule has 0 aliphatic heterocycles. The number of methoxy groups -OCH3 is 1. The van der Waals surface area contributed by atoms with Crippen LogP contribution in [0.4, 0.5) is 4.39 Å². The van der Waals surface area contributed by atoms with E-state index in [2.05, 4.69) is 10.1 Å². The first-order chi connectivity index (χ1) is 13.2. The summed E-state index contributed by atoms with van der Waals surface area (Å²) in [4.78, 5) is 14.8. The second-order valence-corrected chi connectivity index (χ2v) is 7.32. The fourth-order valence-electron chi connectivity index (χ4n) is 2.54. The van der Waals surface area contributed by atoms with Crippen LogP contribution in [-0.4, -0.2) is 41.4 Å². The summed E-state index contributed by atoms with van der Waals surface area (Å²) in [6.45, 7) is 0. The molecule has 0 bridgehead atoms. The molecular formula is C17H15FN4O5S. The van der Waals surface area contributed by atoms with E-state index in [0.29, 0.717) is 5.75 Å². The summed E-state index contributed by atoms with van der Waals surface area (Å²) in [5, 5.41) is 18.0. The number of hydrogen-bond acceptors (Lipinski definition) is 6. The van der Waals surface area contributed by atoms with Crippen LogP contribution in [0, 0.1) is 5.82 Å². The average molecular weight is 406 g/mol. The molecule has 3 N–H and O–H groups in total. The third-order valence-corrected chi connectivity index (χ3v) is 4.75. The zero-order chi connectivity index (χ0) is 20.5. The minimum absolute atomic E-state index is 0.133. The summed E-state index contributed by atoms with van der Waals surface area (Å²) in [7, 11) is -2.59. The maximum atomic E-state index is 14.5. The number of carboxylic acids is 1. The van der Waals surface area contributed by atoms with Crippen LogP contribution in [0.25, 0.3) is 5.69 Å². The van der Waals surface area contributed by atoms with Crippen LogP contribution in [0.1, 0.15) is 22.0 Å². The SMILES string of the molecule is COc1cccc(Cc2nc(C(=O)O)nn2-c2ccc(S(N)(=O)=O)cc2F)c1. The van der Waals surface area contributed by atoms with Crippen molar-refractivity contribution in [3.63, 3.8) is 0 Å². The number of halogens is 1. The fraction of sp³-hybridized carbons (Fsp3) is 0.118. The highest BCUT2D eigenvalue weighted by molar-refractivity contribution is 7.89. The topological polar surface area (TPSA) is 137 Å². The minimum Gasteiger partial charge on any atom is -0.497 e. The van der Waals surface area contributed by atoms with E-state index < -0.39 is 32.5 Å². The van der Waals surface area contributed by atoms with Gasteiger partial charge in [-0.3, -0.25) is 0 Å². The number of nitrogens with two attached hydrogens (primary N) is 1. The van der Waals surface area contributed by atoms with Crippen molar-refractivity contribution in [2.45, 2.75) is 11.3 Å². The van der Waals surface area contributed by atoms with Gasteiger partial charge in [-0.25, -0.2) is 32.4 Å². The highest BCUT2D eigenvalue weighted by atomic mass is 32.2. The standard InChI is InChI=1S/C17H15FN4O5S/c1-27-11-4-2-3-10(7-11)8-15-20-16(17(23)24)21-22(15)14-6-5-12(9-13(14)18)28(19,25)26/h2-7,9H,8H2,1H3,(H,23,24)(H2,19,25,26). The Morgan fingerprint density at radius 3 is 2.64 bits per heavy atom. The molecule has 9 nitrogen and oxygen atoms in total. The molecule has 3 aromatic rings. The molecule has 0 fully saturated rings. The van der Waals surface area contributed by atoms with Crippen LogP contribution >= 0.6 is 0 Å². The first-order valence-electron chi connectivity index (χ1n) is 7.84. The molecule has 0 aliphatic carbocycles. The summed E-state index contributed by atoms with van der Waals surface area (Å²) < 4.78 is 43.5. The lowest BCUT2D eigenvalue weighted by atomic mass is 10.1. The largest absolute Gasteiger partial charge is 0.497 e. The molecule has 0 saturated carbocycles. The zero-order valence-electron chi connectivity index (χ0n) is 14.5. The number of hydrogen-bond donors (Lipinski definition) is 2. The number of nitrogens with zero attached hydrogens (tertiary/aromatic N) is 3. The van der Waals surface area contributed by atoms with Gasteiger partial charge in [0.2, 0.25) is 10.0 Å². The van der Waals surface area contributed by atoms with Crippen LogP contribution in [-0.2, 0) is 16.4 Å². The second kappa shape index (κ2) is 7.37. The summed E-state index contributed by atoms with van der Waals surface area (Å²) in [6, 6.07) is 9.96. The Balaban J connectivity index is 2.09. The van der Waals surface area contributed by atoms with Gasteiger partial charge in [-0.15, -0.1) is 5.10 Å². The van der Waals surface area contributed by atoms with E-state index >= 15 is 0 Å². The number of sulfonamides is 1. The zero-order valence-corrected chi connectivity index (χ0v) is 15.4. The molecule has 0 amide bonds. The highest BCUT2D eigenvalue weighted by Gasteiger charge is 2.20. The molecule has 0 aliphatic rings. The van der Waals surface area contributed by atoms with Gasteiger partial charge in [-0.2, -0.15) is 0 Å². The van der Waals surface area contributed by atoms with Crippen LogP contribution in [0.2, 0.25) is 0 Å². The van der Waals surface area contributed by atoms with Crippen LogP contribution in [0.3, 0.4) is 0 Å². The van der Waals surface area contributed by atoms with E-state index in [4.69, 9.17) is 9.88 Å². The lowest BCUT2D eigenvalue weighted by Gasteiger charge is -2.09. The fourth-order valence-corrected chi connectivity index (χ4v) is 3.07. The van der Waals surface area contributed by atoms with Crippen molar-refractivity contribution < 1.29 is 27.4 Å². The second-order valence-electron chi connectivity index (χ2n) is 5.76. The Labute approximate surface area is 159 Å². The minimum atomic E-state index is -4.09. The normalized spacial score (nSPS) is 11.4. The lowest BCUT2D eigenvalue weighted by molar-refractivity contribution is 0.0683. The number of aromatic nitrogens is 3. The van der Waals surface area contributed by atoms with Gasteiger partial charge >= 0.3 is 5.97 Å². The summed E-state index contributed by atoms with van der Waals surface area (Å²) in [6.07, 6.45) is 0.133. The lowest BCUT2D eigenvalue weighted by Crippen LogP contribution is -2.13. The number of carboxylic acid groups (broad SMARTS) is 1. The number of benzene rings is 2. The van der Waals surface area contributed by atoms with Crippen molar-refractivity contribution in [1.29, 1.82) is 0 Å². The van der Waals surface area contributed by atoms with Gasteiger partial charge in [-0.1, -0.05) is 12.1 Å². The molecule has 2 aromatic carbocycles. The maximum absolute atomic E-state index is 14.5. The third kappa shape index (κ3) is 4.00. The molecule has 1 heterocycles. The van der Waals surface area contributed by atoms with Crippen LogP contribution in [0.15, 0.2) is 47.4 Å². The van der Waals surface area contributed by atoms with E-state index in [9.17, 15) is 22.7 Å². The van der Waals surface area contributed by atoms with Crippen molar-refractivity contribution in [2.75, 3.05) is 7.11 Å². The van der Waals surface area contributed by atoms with Crippen molar-refractivity contribution in [3.8, 4) is 11.4 Å². The van der Waals surface area contributed by atoms with Crippen molar-refractivity contribution in [3.05, 3.63) is 65.5 Å². The van der Waals surface area contributed by atoms with Crippen molar-refractivity contribution >= 4 is 16.0 Å². The molecule has 11 heteroatoms. The molecule has 0 spiro atoms. The molecule has 1 aromatic heterocycles.